The van der Waals surface area contributed by atoms with E-state index in [1.807, 2.05) is 0 Å². The number of hydrogen-bond donors (Lipinski definition) is 3. The average Bonchev–Trinajstić information content (AvgIpc) is 3.45. The number of aromatic nitrogens is 2. The lowest BCUT2D eigenvalue weighted by molar-refractivity contribution is -0.144. The zero-order chi connectivity index (χ0) is 25.6. The molecule has 0 spiro atoms. The number of aromatic amines is 1. The van der Waals surface area contributed by atoms with E-state index in [0.29, 0.717) is 35.3 Å². The van der Waals surface area contributed by atoms with Crippen molar-refractivity contribution >= 4 is 22.8 Å². The summed E-state index contributed by atoms with van der Waals surface area (Å²) in [6.45, 7) is 1.67. The number of primary amides is 1. The van der Waals surface area contributed by atoms with Gasteiger partial charge in [0, 0.05) is 25.2 Å². The third-order valence-electron chi connectivity index (χ3n) is 7.44. The maximum absolute atomic E-state index is 13.8. The SMILES string of the molecule is C[C@@H](NC(=O)CCC(F)(F)F)c1ccc2nc([C@@H](C3CCC(F)(F)CC3)C3(C(N)=O)CC3)[nH]c2c1. The Bertz CT molecular complexity index is 1100. The third kappa shape index (κ3) is 5.59. The van der Waals surface area contributed by atoms with Gasteiger partial charge in [0.15, 0.2) is 0 Å². The van der Waals surface area contributed by atoms with Crippen molar-refractivity contribution in [3.8, 4) is 0 Å². The average molecular weight is 501 g/mol. The molecule has 4 N–H and O–H groups in total. The number of nitrogens with two attached hydrogens (primary N) is 1. The zero-order valence-corrected chi connectivity index (χ0v) is 19.4. The molecule has 2 fully saturated rings. The molecule has 35 heavy (non-hydrogen) atoms. The van der Waals surface area contributed by atoms with E-state index in [2.05, 4.69) is 15.3 Å². The molecule has 4 rings (SSSR count). The van der Waals surface area contributed by atoms with Crippen molar-refractivity contribution in [1.82, 2.24) is 15.3 Å². The number of halogens is 5. The Labute approximate surface area is 199 Å². The minimum atomic E-state index is -4.40. The van der Waals surface area contributed by atoms with Crippen LogP contribution in [0.1, 0.15) is 81.6 Å². The van der Waals surface area contributed by atoms with Crippen LogP contribution in [0.15, 0.2) is 18.2 Å². The van der Waals surface area contributed by atoms with E-state index < -0.39 is 54.1 Å². The highest BCUT2D eigenvalue weighted by Gasteiger charge is 2.59. The topological polar surface area (TPSA) is 101 Å². The smallest absolute Gasteiger partial charge is 0.369 e. The second kappa shape index (κ2) is 9.05. The Morgan fingerprint density at radius 1 is 1.20 bits per heavy atom. The number of nitrogens with zero attached hydrogens (tertiary/aromatic N) is 1. The molecule has 2 saturated carbocycles. The summed E-state index contributed by atoms with van der Waals surface area (Å²) in [6, 6.07) is 4.65. The molecule has 192 valence electrons. The third-order valence-corrected chi connectivity index (χ3v) is 7.44. The van der Waals surface area contributed by atoms with E-state index in [-0.39, 0.29) is 31.6 Å². The monoisotopic (exact) mass is 500 g/mol. The fourth-order valence-electron chi connectivity index (χ4n) is 5.29. The Kier molecular flexibility index (Phi) is 6.56. The molecular weight excluding hydrogens is 471 g/mol. The first-order chi connectivity index (χ1) is 16.3. The maximum atomic E-state index is 13.8. The fraction of sp³-hybridized carbons (Fsp3) is 0.625. The summed E-state index contributed by atoms with van der Waals surface area (Å²) in [6.07, 6.45) is -5.00. The lowest BCUT2D eigenvalue weighted by atomic mass is 9.71. The van der Waals surface area contributed by atoms with Gasteiger partial charge in [-0.1, -0.05) is 6.07 Å². The predicted octanol–water partition coefficient (Wildman–Crippen LogP) is 5.26. The molecule has 11 heteroatoms. The molecule has 0 saturated heterocycles. The molecule has 0 radical (unpaired) electrons. The summed E-state index contributed by atoms with van der Waals surface area (Å²) in [5, 5.41) is 2.57. The lowest BCUT2D eigenvalue weighted by Gasteiger charge is -2.36. The van der Waals surface area contributed by atoms with Gasteiger partial charge in [-0.3, -0.25) is 9.59 Å². The van der Waals surface area contributed by atoms with Crippen LogP contribution in [0.5, 0.6) is 0 Å². The van der Waals surface area contributed by atoms with Crippen LogP contribution in [0, 0.1) is 11.3 Å². The summed E-state index contributed by atoms with van der Waals surface area (Å²) < 4.78 is 64.7. The number of nitrogens with one attached hydrogen (secondary N) is 2. The minimum absolute atomic E-state index is 0.156. The first-order valence-electron chi connectivity index (χ1n) is 11.8. The number of fused-ring (bicyclic) bond motifs is 1. The molecule has 2 amide bonds. The molecule has 6 nitrogen and oxygen atoms in total. The molecule has 1 aromatic carbocycles. The van der Waals surface area contributed by atoms with E-state index in [1.165, 1.54) is 0 Å². The first kappa shape index (κ1) is 25.4. The first-order valence-corrected chi connectivity index (χ1v) is 11.8. The Morgan fingerprint density at radius 3 is 2.43 bits per heavy atom. The minimum Gasteiger partial charge on any atom is -0.369 e. The molecule has 0 aliphatic heterocycles. The van der Waals surface area contributed by atoms with Crippen molar-refractivity contribution in [2.75, 3.05) is 0 Å². The maximum Gasteiger partial charge on any atom is 0.389 e. The van der Waals surface area contributed by atoms with Gasteiger partial charge in [-0.15, -0.1) is 0 Å². The second-order valence-electron chi connectivity index (χ2n) is 9.99. The normalized spacial score (nSPS) is 21.4. The highest BCUT2D eigenvalue weighted by atomic mass is 19.4. The number of H-pyrrole nitrogens is 1. The van der Waals surface area contributed by atoms with Gasteiger partial charge in [-0.05, 0) is 56.2 Å². The number of rotatable bonds is 8. The predicted molar refractivity (Wildman–Crippen MR) is 118 cm³/mol. The highest BCUT2D eigenvalue weighted by molar-refractivity contribution is 5.85. The number of hydrogen-bond acceptors (Lipinski definition) is 3. The van der Waals surface area contributed by atoms with Gasteiger partial charge in [-0.2, -0.15) is 13.2 Å². The largest absolute Gasteiger partial charge is 0.389 e. The van der Waals surface area contributed by atoms with Crippen LogP contribution in [0.3, 0.4) is 0 Å². The Morgan fingerprint density at radius 2 is 1.86 bits per heavy atom. The van der Waals surface area contributed by atoms with Gasteiger partial charge in [0.1, 0.15) is 5.82 Å². The summed E-state index contributed by atoms with van der Waals surface area (Å²) in [5.74, 6) is -3.87. The molecule has 1 heterocycles. The van der Waals surface area contributed by atoms with Crippen molar-refractivity contribution in [2.45, 2.75) is 82.3 Å². The van der Waals surface area contributed by atoms with Gasteiger partial charge >= 0.3 is 6.18 Å². The second-order valence-corrected chi connectivity index (χ2v) is 9.99. The molecule has 2 atom stereocenters. The van der Waals surface area contributed by atoms with Crippen molar-refractivity contribution in [3.05, 3.63) is 29.6 Å². The molecular formula is C24H29F5N4O2. The van der Waals surface area contributed by atoms with Crippen molar-refractivity contribution in [3.63, 3.8) is 0 Å². The quantitative estimate of drug-likeness (QED) is 0.431. The van der Waals surface area contributed by atoms with E-state index in [0.717, 1.165) is 0 Å². The van der Waals surface area contributed by atoms with Crippen molar-refractivity contribution < 1.29 is 31.5 Å². The number of amides is 2. The van der Waals surface area contributed by atoms with Crippen LogP contribution in [-0.4, -0.2) is 33.9 Å². The van der Waals surface area contributed by atoms with E-state index >= 15 is 0 Å². The van der Waals surface area contributed by atoms with Crippen LogP contribution in [0.2, 0.25) is 0 Å². The summed E-state index contributed by atoms with van der Waals surface area (Å²) in [4.78, 5) is 32.2. The van der Waals surface area contributed by atoms with E-state index in [4.69, 9.17) is 5.73 Å². The summed E-state index contributed by atoms with van der Waals surface area (Å²) >= 11 is 0. The Hall–Kier alpha value is -2.72. The van der Waals surface area contributed by atoms with Gasteiger partial charge in [0.05, 0.1) is 28.9 Å². The molecule has 2 aliphatic carbocycles. The van der Waals surface area contributed by atoms with Gasteiger partial charge in [0.25, 0.3) is 0 Å². The van der Waals surface area contributed by atoms with Crippen molar-refractivity contribution in [2.24, 2.45) is 17.1 Å². The number of benzene rings is 1. The molecule has 0 unspecified atom stereocenters. The van der Waals surface area contributed by atoms with Crippen molar-refractivity contribution in [1.29, 1.82) is 0 Å². The number of alkyl halides is 5. The van der Waals surface area contributed by atoms with E-state index in [1.54, 1.807) is 25.1 Å². The standard InChI is InChI=1S/C24H29F5N4O2/c1-13(31-18(34)6-9-24(27,28)29)15-2-3-16-17(12-15)33-20(32-16)19(22(10-11-22)21(30)35)14-4-7-23(25,26)8-5-14/h2-3,12-14,19H,4-11H2,1H3,(H2,30,35)(H,31,34)(H,32,33)/t13-,19-/m1/s1. The van der Waals surface area contributed by atoms with Crippen LogP contribution < -0.4 is 11.1 Å². The molecule has 2 aromatic rings. The van der Waals surface area contributed by atoms with Crippen LogP contribution in [0.25, 0.3) is 11.0 Å². The fourth-order valence-corrected chi connectivity index (χ4v) is 5.29. The molecule has 1 aromatic heterocycles. The lowest BCUT2D eigenvalue weighted by Crippen LogP contribution is -2.38. The van der Waals surface area contributed by atoms with Crippen LogP contribution in [0.4, 0.5) is 22.0 Å². The number of carbonyl (C=O) groups is 2. The number of carbonyl (C=O) groups excluding carboxylic acids is 2. The zero-order valence-electron chi connectivity index (χ0n) is 19.4. The van der Waals surface area contributed by atoms with Gasteiger partial charge < -0.3 is 16.0 Å². The van der Waals surface area contributed by atoms with E-state index in [9.17, 15) is 31.5 Å². The summed E-state index contributed by atoms with van der Waals surface area (Å²) in [7, 11) is 0. The molecule has 2 aliphatic rings. The van der Waals surface area contributed by atoms with Gasteiger partial charge in [-0.25, -0.2) is 13.8 Å². The summed E-state index contributed by atoms with van der Waals surface area (Å²) in [5.41, 5.74) is 6.84. The highest BCUT2D eigenvalue weighted by Crippen LogP contribution is 2.60. The van der Waals surface area contributed by atoms with Gasteiger partial charge in [0.2, 0.25) is 17.7 Å². The van der Waals surface area contributed by atoms with Crippen LogP contribution in [-0.2, 0) is 9.59 Å². The number of imidazole rings is 1. The Balaban J connectivity index is 1.56. The molecule has 0 bridgehead atoms. The van der Waals surface area contributed by atoms with Crippen LogP contribution >= 0.6 is 0 Å².